The number of nitrogens with zero attached hydrogens (tertiary/aromatic N) is 1. The van der Waals surface area contributed by atoms with E-state index in [1.807, 2.05) is 18.2 Å². The van der Waals surface area contributed by atoms with Gasteiger partial charge in [-0.05, 0) is 67.1 Å². The second-order valence-electron chi connectivity index (χ2n) is 7.56. The van der Waals surface area contributed by atoms with E-state index in [1.54, 1.807) is 38.3 Å². The summed E-state index contributed by atoms with van der Waals surface area (Å²) in [6, 6.07) is 12.2. The number of rotatable bonds is 5. The molecule has 0 saturated carbocycles. The van der Waals surface area contributed by atoms with E-state index < -0.39 is 23.4 Å². The Kier molecular flexibility index (Phi) is 4.74. The largest absolute Gasteiger partial charge is 0.497 e. The van der Waals surface area contributed by atoms with Crippen LogP contribution in [0.1, 0.15) is 30.0 Å². The number of nitrogens with one attached hydrogen (secondary N) is 2. The lowest BCUT2D eigenvalue weighted by Gasteiger charge is -2.22. The first-order valence-corrected chi connectivity index (χ1v) is 9.61. The number of hydrogen-bond donors (Lipinski definition) is 2. The van der Waals surface area contributed by atoms with Crippen LogP contribution in [-0.4, -0.2) is 36.4 Å². The Balaban J connectivity index is 1.46. The van der Waals surface area contributed by atoms with E-state index in [-0.39, 0.29) is 6.54 Å². The molecule has 1 unspecified atom stereocenters. The number of urea groups is 1. The number of benzene rings is 2. The van der Waals surface area contributed by atoms with Gasteiger partial charge >= 0.3 is 6.03 Å². The van der Waals surface area contributed by atoms with Crippen molar-refractivity contribution in [2.45, 2.75) is 31.7 Å². The normalized spacial score (nSPS) is 20.4. The minimum Gasteiger partial charge on any atom is -0.497 e. The Labute approximate surface area is 169 Å². The molecule has 0 radical (unpaired) electrons. The van der Waals surface area contributed by atoms with Gasteiger partial charge in [-0.25, -0.2) is 4.79 Å². The number of ether oxygens (including phenoxy) is 1. The Morgan fingerprint density at radius 1 is 1.14 bits per heavy atom. The smallest absolute Gasteiger partial charge is 0.325 e. The average Bonchev–Trinajstić information content (AvgIpc) is 3.26. The molecule has 2 N–H and O–H groups in total. The fourth-order valence-corrected chi connectivity index (χ4v) is 3.95. The highest BCUT2D eigenvalue weighted by molar-refractivity contribution is 6.10. The highest BCUT2D eigenvalue weighted by atomic mass is 16.5. The van der Waals surface area contributed by atoms with Crippen molar-refractivity contribution in [3.63, 3.8) is 0 Å². The molecule has 1 fully saturated rings. The first kappa shape index (κ1) is 19.0. The number of imide groups is 1. The molecular weight excluding hydrogens is 370 g/mol. The van der Waals surface area contributed by atoms with Crippen molar-refractivity contribution >= 4 is 23.5 Å². The number of carbonyl (C=O) groups is 3. The van der Waals surface area contributed by atoms with Crippen molar-refractivity contribution in [2.75, 3.05) is 19.0 Å². The van der Waals surface area contributed by atoms with Gasteiger partial charge in [0.1, 0.15) is 17.8 Å². The molecule has 2 aromatic carbocycles. The van der Waals surface area contributed by atoms with Crippen LogP contribution < -0.4 is 15.4 Å². The maximum Gasteiger partial charge on any atom is 0.325 e. The maximum atomic E-state index is 13.0. The summed E-state index contributed by atoms with van der Waals surface area (Å²) in [7, 11) is 1.56. The van der Waals surface area contributed by atoms with Crippen LogP contribution in [0.25, 0.3) is 0 Å². The summed E-state index contributed by atoms with van der Waals surface area (Å²) in [4.78, 5) is 38.8. The zero-order valence-corrected chi connectivity index (χ0v) is 16.5. The molecule has 2 aromatic rings. The predicted molar refractivity (Wildman–Crippen MR) is 108 cm³/mol. The van der Waals surface area contributed by atoms with Crippen molar-refractivity contribution in [2.24, 2.45) is 0 Å². The van der Waals surface area contributed by atoms with Crippen LogP contribution in [0.3, 0.4) is 0 Å². The number of hydrogen-bond acceptors (Lipinski definition) is 4. The Morgan fingerprint density at radius 2 is 1.86 bits per heavy atom. The van der Waals surface area contributed by atoms with Gasteiger partial charge in [-0.2, -0.15) is 0 Å². The molecule has 7 heteroatoms. The van der Waals surface area contributed by atoms with Crippen molar-refractivity contribution in [1.82, 2.24) is 10.2 Å². The molecule has 1 aliphatic heterocycles. The van der Waals surface area contributed by atoms with Gasteiger partial charge in [0.05, 0.1) is 7.11 Å². The Morgan fingerprint density at radius 3 is 2.59 bits per heavy atom. The summed E-state index contributed by atoms with van der Waals surface area (Å²) in [5.74, 6) is -0.220. The number of fused-ring (bicyclic) bond motifs is 1. The number of methoxy groups -OCH3 is 1. The van der Waals surface area contributed by atoms with Gasteiger partial charge in [0, 0.05) is 5.69 Å². The molecule has 0 spiro atoms. The standard InChI is InChI=1S/C22H23N3O4/c1-22(16-7-10-18(29-2)11-8-16)20(27)25(21(28)24-22)13-19(26)23-17-9-6-14-4-3-5-15(14)12-17/h6-12H,3-5,13H2,1-2H3,(H,23,26)(H,24,28). The van der Waals surface area contributed by atoms with Crippen molar-refractivity contribution in [3.05, 3.63) is 59.2 Å². The summed E-state index contributed by atoms with van der Waals surface area (Å²) in [6.07, 6.45) is 3.20. The van der Waals surface area contributed by atoms with Crippen LogP contribution in [0, 0.1) is 0 Å². The molecule has 4 rings (SSSR count). The summed E-state index contributed by atoms with van der Waals surface area (Å²) >= 11 is 0. The van der Waals surface area contributed by atoms with E-state index in [1.165, 1.54) is 11.1 Å². The van der Waals surface area contributed by atoms with Gasteiger partial charge in [0.2, 0.25) is 5.91 Å². The molecule has 1 atom stereocenters. The van der Waals surface area contributed by atoms with Crippen LogP contribution in [0.15, 0.2) is 42.5 Å². The van der Waals surface area contributed by atoms with Crippen LogP contribution >= 0.6 is 0 Å². The molecule has 1 aliphatic carbocycles. The molecule has 0 aromatic heterocycles. The van der Waals surface area contributed by atoms with E-state index >= 15 is 0 Å². The van der Waals surface area contributed by atoms with E-state index in [2.05, 4.69) is 10.6 Å². The summed E-state index contributed by atoms with van der Waals surface area (Å²) in [5.41, 5.74) is 2.63. The van der Waals surface area contributed by atoms with Crippen LogP contribution in [0.4, 0.5) is 10.5 Å². The van der Waals surface area contributed by atoms with Crippen molar-refractivity contribution in [1.29, 1.82) is 0 Å². The van der Waals surface area contributed by atoms with Gasteiger partial charge in [-0.1, -0.05) is 18.2 Å². The number of anilines is 1. The minimum atomic E-state index is -1.22. The fourth-order valence-electron chi connectivity index (χ4n) is 3.95. The topological polar surface area (TPSA) is 87.7 Å². The van der Waals surface area contributed by atoms with Crippen LogP contribution in [-0.2, 0) is 28.0 Å². The lowest BCUT2D eigenvalue weighted by atomic mass is 9.92. The van der Waals surface area contributed by atoms with E-state index in [9.17, 15) is 14.4 Å². The number of amides is 4. The quantitative estimate of drug-likeness (QED) is 0.765. The lowest BCUT2D eigenvalue weighted by molar-refractivity contribution is -0.133. The zero-order chi connectivity index (χ0) is 20.6. The molecule has 29 heavy (non-hydrogen) atoms. The van der Waals surface area contributed by atoms with Gasteiger partial charge in [-0.3, -0.25) is 14.5 Å². The molecular formula is C22H23N3O4. The van der Waals surface area contributed by atoms with E-state index in [0.717, 1.165) is 24.2 Å². The highest BCUT2D eigenvalue weighted by Gasteiger charge is 2.49. The third kappa shape index (κ3) is 3.44. The lowest BCUT2D eigenvalue weighted by Crippen LogP contribution is -2.42. The zero-order valence-electron chi connectivity index (χ0n) is 16.5. The molecule has 1 saturated heterocycles. The predicted octanol–water partition coefficient (Wildman–Crippen LogP) is 2.59. The number of carbonyl (C=O) groups excluding carboxylic acids is 3. The van der Waals surface area contributed by atoms with Crippen LogP contribution in [0.2, 0.25) is 0 Å². The molecule has 1 heterocycles. The average molecular weight is 393 g/mol. The second-order valence-corrected chi connectivity index (χ2v) is 7.56. The molecule has 150 valence electrons. The monoisotopic (exact) mass is 393 g/mol. The molecule has 7 nitrogen and oxygen atoms in total. The van der Waals surface area contributed by atoms with E-state index in [4.69, 9.17) is 4.74 Å². The third-order valence-corrected chi connectivity index (χ3v) is 5.63. The summed E-state index contributed by atoms with van der Waals surface area (Å²) < 4.78 is 5.14. The van der Waals surface area contributed by atoms with Gasteiger partial charge in [0.25, 0.3) is 5.91 Å². The third-order valence-electron chi connectivity index (χ3n) is 5.63. The molecule has 2 aliphatic rings. The van der Waals surface area contributed by atoms with Crippen molar-refractivity contribution in [3.8, 4) is 5.75 Å². The molecule has 4 amide bonds. The minimum absolute atomic E-state index is 0.340. The second kappa shape index (κ2) is 7.24. The Bertz CT molecular complexity index is 986. The first-order valence-electron chi connectivity index (χ1n) is 9.61. The maximum absolute atomic E-state index is 13.0. The van der Waals surface area contributed by atoms with Crippen LogP contribution in [0.5, 0.6) is 5.75 Å². The summed E-state index contributed by atoms with van der Waals surface area (Å²) in [5, 5.41) is 5.50. The van der Waals surface area contributed by atoms with Gasteiger partial charge < -0.3 is 15.4 Å². The molecule has 0 bridgehead atoms. The fraction of sp³-hybridized carbons (Fsp3) is 0.318. The van der Waals surface area contributed by atoms with Gasteiger partial charge in [0.15, 0.2) is 0 Å². The van der Waals surface area contributed by atoms with Crippen molar-refractivity contribution < 1.29 is 19.1 Å². The SMILES string of the molecule is COc1ccc(C2(C)NC(=O)N(CC(=O)Nc3ccc4c(c3)CCC4)C2=O)cc1. The first-order chi connectivity index (χ1) is 13.9. The summed E-state index contributed by atoms with van der Waals surface area (Å²) in [6.45, 7) is 1.29. The Hall–Kier alpha value is -3.35. The van der Waals surface area contributed by atoms with Gasteiger partial charge in [-0.15, -0.1) is 0 Å². The van der Waals surface area contributed by atoms with E-state index in [0.29, 0.717) is 17.0 Å². The highest BCUT2D eigenvalue weighted by Crippen LogP contribution is 2.30. The number of aryl methyl sites for hydroxylation is 2.